The predicted molar refractivity (Wildman–Crippen MR) is 272 cm³/mol. The Morgan fingerprint density at radius 3 is 1.54 bits per heavy atom. The molecule has 65 heavy (non-hydrogen) atoms. The zero-order valence-electron chi connectivity index (χ0n) is 35.5. The second-order valence-electron chi connectivity index (χ2n) is 17.6. The Morgan fingerprint density at radius 2 is 0.846 bits per heavy atom. The summed E-state index contributed by atoms with van der Waals surface area (Å²) in [7, 11) is 0. The fourth-order valence-electron chi connectivity index (χ4n) is 11.7. The lowest BCUT2D eigenvalue weighted by molar-refractivity contribution is 0.755. The molecule has 1 unspecified atom stereocenters. The summed E-state index contributed by atoms with van der Waals surface area (Å²) < 4.78 is 2.41. The van der Waals surface area contributed by atoms with Crippen molar-refractivity contribution in [3.8, 4) is 39.1 Å². The zero-order chi connectivity index (χ0) is 42.6. The van der Waals surface area contributed by atoms with E-state index in [-0.39, 0.29) is 0 Å². The van der Waals surface area contributed by atoms with Crippen molar-refractivity contribution in [3.63, 3.8) is 0 Å². The first-order valence-electron chi connectivity index (χ1n) is 22.6. The zero-order valence-corrected chi connectivity index (χ0v) is 35.5. The molecule has 1 atom stereocenters. The van der Waals surface area contributed by atoms with E-state index in [9.17, 15) is 0 Å². The van der Waals surface area contributed by atoms with Crippen molar-refractivity contribution in [2.75, 3.05) is 4.90 Å². The van der Waals surface area contributed by atoms with Crippen LogP contribution in [0.2, 0.25) is 0 Å². The van der Waals surface area contributed by atoms with Crippen LogP contribution in [0.5, 0.6) is 0 Å². The molecule has 2 aliphatic carbocycles. The Bertz CT molecular complexity index is 3860. The van der Waals surface area contributed by atoms with E-state index in [2.05, 4.69) is 252 Å². The number of fused-ring (bicyclic) bond motifs is 11. The Hall–Kier alpha value is -8.46. The molecule has 302 valence electrons. The van der Waals surface area contributed by atoms with Crippen LogP contribution < -0.4 is 4.90 Å². The average Bonchev–Trinajstić information content (AvgIpc) is 3.71. The topological polar surface area (TPSA) is 8.17 Å². The van der Waals surface area contributed by atoms with E-state index < -0.39 is 5.41 Å². The van der Waals surface area contributed by atoms with Crippen molar-refractivity contribution in [1.29, 1.82) is 0 Å². The largest absolute Gasteiger partial charge is 0.310 e. The standard InChI is InChI=1S/C63H40N2/c1-4-16-41(17-5-1)44-32-35-49-53-27-12-18-42-20-14-29-55(61(42)53)63(57(49)38-44)56-30-15-21-43-19-13-28-54(62(43)56)50-36-33-47(39-58(50)63)64(45-22-6-2-7-23-45)48-34-37-52-51-26-10-11-31-59(51)65(60(52)40-48)46-24-8-3-9-25-46/h1-40H. The van der Waals surface area contributed by atoms with Gasteiger partial charge >= 0.3 is 0 Å². The molecule has 1 heterocycles. The van der Waals surface area contributed by atoms with Gasteiger partial charge in [-0.05, 0) is 138 Å². The molecule has 2 aliphatic rings. The van der Waals surface area contributed by atoms with Gasteiger partial charge in [-0.3, -0.25) is 0 Å². The van der Waals surface area contributed by atoms with E-state index in [1.807, 2.05) is 0 Å². The minimum atomic E-state index is -0.654. The quantitative estimate of drug-likeness (QED) is 0.168. The number of anilines is 3. The van der Waals surface area contributed by atoms with Crippen molar-refractivity contribution >= 4 is 60.4 Å². The fourth-order valence-corrected chi connectivity index (χ4v) is 11.7. The number of hydrogen-bond donors (Lipinski definition) is 0. The van der Waals surface area contributed by atoms with Crippen molar-refractivity contribution < 1.29 is 0 Å². The summed E-state index contributed by atoms with van der Waals surface area (Å²) in [5.74, 6) is 0. The molecule has 12 aromatic rings. The van der Waals surface area contributed by atoms with Gasteiger partial charge in [0.15, 0.2) is 0 Å². The first-order chi connectivity index (χ1) is 32.3. The molecule has 0 N–H and O–H groups in total. The van der Waals surface area contributed by atoms with Gasteiger partial charge in [0.1, 0.15) is 0 Å². The Balaban J connectivity index is 1.10. The fraction of sp³-hybridized carbons (Fsp3) is 0.0159. The van der Waals surface area contributed by atoms with Crippen LogP contribution >= 0.6 is 0 Å². The summed E-state index contributed by atoms with van der Waals surface area (Å²) in [6.07, 6.45) is 0. The van der Waals surface area contributed by atoms with E-state index in [4.69, 9.17) is 0 Å². The maximum absolute atomic E-state index is 2.53. The van der Waals surface area contributed by atoms with Gasteiger partial charge in [0.25, 0.3) is 0 Å². The summed E-state index contributed by atoms with van der Waals surface area (Å²) in [5.41, 5.74) is 18.9. The maximum Gasteiger partial charge on any atom is 0.0726 e. The number of aromatic nitrogens is 1. The molecule has 11 aromatic carbocycles. The molecule has 0 bridgehead atoms. The van der Waals surface area contributed by atoms with Gasteiger partial charge in [-0.2, -0.15) is 0 Å². The monoisotopic (exact) mass is 824 g/mol. The number of para-hydroxylation sites is 3. The van der Waals surface area contributed by atoms with Crippen LogP contribution in [0.3, 0.4) is 0 Å². The van der Waals surface area contributed by atoms with Crippen LogP contribution in [0.1, 0.15) is 22.3 Å². The molecule has 0 radical (unpaired) electrons. The van der Waals surface area contributed by atoms with Crippen molar-refractivity contribution in [2.24, 2.45) is 0 Å². The van der Waals surface area contributed by atoms with Crippen LogP contribution in [0.4, 0.5) is 17.1 Å². The van der Waals surface area contributed by atoms with E-state index in [1.165, 1.54) is 99.0 Å². The first-order valence-corrected chi connectivity index (χ1v) is 22.6. The molecule has 0 saturated carbocycles. The summed E-state index contributed by atoms with van der Waals surface area (Å²) in [5, 5.41) is 7.63. The van der Waals surface area contributed by atoms with Gasteiger partial charge in [-0.15, -0.1) is 0 Å². The van der Waals surface area contributed by atoms with Crippen LogP contribution in [0.15, 0.2) is 243 Å². The molecular formula is C63H40N2. The Labute approximate surface area is 377 Å². The van der Waals surface area contributed by atoms with Gasteiger partial charge < -0.3 is 9.47 Å². The molecule has 14 rings (SSSR count). The second-order valence-corrected chi connectivity index (χ2v) is 17.6. The smallest absolute Gasteiger partial charge is 0.0726 e. The minimum absolute atomic E-state index is 0.654. The minimum Gasteiger partial charge on any atom is -0.310 e. The summed E-state index contributed by atoms with van der Waals surface area (Å²) >= 11 is 0. The Morgan fingerprint density at radius 1 is 0.308 bits per heavy atom. The molecule has 1 spiro atoms. The lowest BCUT2D eigenvalue weighted by Gasteiger charge is -2.46. The number of rotatable bonds is 5. The Kier molecular flexibility index (Phi) is 7.64. The van der Waals surface area contributed by atoms with Gasteiger partial charge in [-0.25, -0.2) is 0 Å². The third-order valence-corrected chi connectivity index (χ3v) is 14.3. The summed E-state index contributed by atoms with van der Waals surface area (Å²) in [6, 6.07) is 90.5. The van der Waals surface area contributed by atoms with Gasteiger partial charge in [0.05, 0.1) is 16.4 Å². The third-order valence-electron chi connectivity index (χ3n) is 14.3. The van der Waals surface area contributed by atoms with Crippen LogP contribution in [-0.4, -0.2) is 4.57 Å². The van der Waals surface area contributed by atoms with E-state index in [0.29, 0.717) is 0 Å². The van der Waals surface area contributed by atoms with Crippen molar-refractivity contribution in [1.82, 2.24) is 4.57 Å². The highest BCUT2D eigenvalue weighted by Crippen LogP contribution is 2.62. The molecular weight excluding hydrogens is 785 g/mol. The van der Waals surface area contributed by atoms with Crippen LogP contribution in [-0.2, 0) is 5.41 Å². The summed E-state index contributed by atoms with van der Waals surface area (Å²) in [4.78, 5) is 2.46. The summed E-state index contributed by atoms with van der Waals surface area (Å²) in [6.45, 7) is 0. The molecule has 0 fully saturated rings. The normalized spacial score (nSPS) is 14.5. The second kappa shape index (κ2) is 13.8. The number of nitrogens with zero attached hydrogens (tertiary/aromatic N) is 2. The molecule has 1 aromatic heterocycles. The van der Waals surface area contributed by atoms with Crippen molar-refractivity contribution in [3.05, 3.63) is 265 Å². The molecule has 0 amide bonds. The SMILES string of the molecule is c1ccc(-c2ccc3c(c2)C2(c4cc(N(c5ccccc5)c5ccc6c7ccccc7n(-c7ccccc7)c6c5)ccc4-c4cccc5cccc2c45)c2cccc4cccc-3c24)cc1. The van der Waals surface area contributed by atoms with Gasteiger partial charge in [-0.1, -0.05) is 182 Å². The average molecular weight is 825 g/mol. The molecule has 2 nitrogen and oxygen atoms in total. The van der Waals surface area contributed by atoms with Gasteiger partial charge in [0.2, 0.25) is 0 Å². The first kappa shape index (κ1) is 36.1. The lowest BCUT2D eigenvalue weighted by atomic mass is 9.55. The van der Waals surface area contributed by atoms with E-state index >= 15 is 0 Å². The van der Waals surface area contributed by atoms with Crippen LogP contribution in [0.25, 0.3) is 82.4 Å². The lowest BCUT2D eigenvalue weighted by Crippen LogP contribution is -2.36. The highest BCUT2D eigenvalue weighted by atomic mass is 15.1. The molecule has 0 aliphatic heterocycles. The highest BCUT2D eigenvalue weighted by Gasteiger charge is 2.49. The van der Waals surface area contributed by atoms with Gasteiger partial charge in [0, 0.05) is 33.5 Å². The van der Waals surface area contributed by atoms with E-state index in [0.717, 1.165) is 22.7 Å². The van der Waals surface area contributed by atoms with E-state index in [1.54, 1.807) is 0 Å². The maximum atomic E-state index is 2.53. The van der Waals surface area contributed by atoms with Crippen LogP contribution in [0, 0.1) is 0 Å². The number of benzene rings is 11. The van der Waals surface area contributed by atoms with Crippen molar-refractivity contribution in [2.45, 2.75) is 5.41 Å². The third kappa shape index (κ3) is 5.05. The molecule has 2 heteroatoms. The predicted octanol–water partition coefficient (Wildman–Crippen LogP) is 16.6. The number of hydrogen-bond acceptors (Lipinski definition) is 1. The molecule has 0 saturated heterocycles. The highest BCUT2D eigenvalue weighted by molar-refractivity contribution is 6.13.